The van der Waals surface area contributed by atoms with Gasteiger partial charge >= 0.3 is 0 Å². The zero-order chi connectivity index (χ0) is 18.7. The molecule has 0 aromatic heterocycles. The van der Waals surface area contributed by atoms with Gasteiger partial charge in [0.25, 0.3) is 0 Å². The van der Waals surface area contributed by atoms with Crippen molar-refractivity contribution in [3.05, 3.63) is 34.9 Å². The number of nitrogens with one attached hydrogen (secondary N) is 2. The lowest BCUT2D eigenvalue weighted by molar-refractivity contribution is 0.125. The third-order valence-corrected chi connectivity index (χ3v) is 5.33. The van der Waals surface area contributed by atoms with Crippen LogP contribution < -0.4 is 10.6 Å². The summed E-state index contributed by atoms with van der Waals surface area (Å²) in [7, 11) is 3.58. The lowest BCUT2D eigenvalue weighted by atomic mass is 9.83. The SMILES string of the molecule is CN=C(NCCOCc1ccc(Cl)cc1)NCC1(CCOC)CCCC1. The highest BCUT2D eigenvalue weighted by molar-refractivity contribution is 6.30. The van der Waals surface area contributed by atoms with Gasteiger partial charge in [-0.1, -0.05) is 36.6 Å². The van der Waals surface area contributed by atoms with Gasteiger partial charge in [-0.15, -0.1) is 0 Å². The van der Waals surface area contributed by atoms with E-state index in [1.807, 2.05) is 24.3 Å². The minimum Gasteiger partial charge on any atom is -0.385 e. The van der Waals surface area contributed by atoms with E-state index in [0.29, 0.717) is 18.6 Å². The topological polar surface area (TPSA) is 54.9 Å². The first-order chi connectivity index (χ1) is 12.7. The fourth-order valence-electron chi connectivity index (χ4n) is 3.46. The van der Waals surface area contributed by atoms with E-state index >= 15 is 0 Å². The number of guanidine groups is 1. The maximum Gasteiger partial charge on any atom is 0.191 e. The molecule has 0 saturated heterocycles. The van der Waals surface area contributed by atoms with Gasteiger partial charge in [0, 0.05) is 38.9 Å². The van der Waals surface area contributed by atoms with Crippen LogP contribution in [-0.4, -0.2) is 46.4 Å². The minimum atomic E-state index is 0.346. The Balaban J connectivity index is 1.64. The molecule has 146 valence electrons. The van der Waals surface area contributed by atoms with E-state index in [4.69, 9.17) is 21.1 Å². The molecule has 1 aliphatic rings. The number of methoxy groups -OCH3 is 1. The summed E-state index contributed by atoms with van der Waals surface area (Å²) in [5, 5.41) is 7.56. The van der Waals surface area contributed by atoms with Crippen molar-refractivity contribution >= 4 is 17.6 Å². The second-order valence-corrected chi connectivity index (χ2v) is 7.42. The summed E-state index contributed by atoms with van der Waals surface area (Å²) in [5.74, 6) is 0.837. The Labute approximate surface area is 162 Å². The van der Waals surface area contributed by atoms with Crippen LogP contribution in [0.5, 0.6) is 0 Å². The molecule has 6 heteroatoms. The predicted octanol–water partition coefficient (Wildman–Crippen LogP) is 3.62. The molecule has 2 N–H and O–H groups in total. The molecule has 0 aliphatic heterocycles. The molecule has 1 aliphatic carbocycles. The Hall–Kier alpha value is -1.30. The van der Waals surface area contributed by atoms with Gasteiger partial charge in [-0.2, -0.15) is 0 Å². The van der Waals surface area contributed by atoms with Crippen molar-refractivity contribution in [1.29, 1.82) is 0 Å². The van der Waals surface area contributed by atoms with Crippen LogP contribution in [0.1, 0.15) is 37.7 Å². The highest BCUT2D eigenvalue weighted by Gasteiger charge is 2.33. The molecule has 0 amide bonds. The predicted molar refractivity (Wildman–Crippen MR) is 108 cm³/mol. The quantitative estimate of drug-likeness (QED) is 0.369. The lowest BCUT2D eigenvalue weighted by Gasteiger charge is -2.29. The molecule has 0 atom stereocenters. The van der Waals surface area contributed by atoms with E-state index in [1.165, 1.54) is 25.7 Å². The number of rotatable bonds is 10. The second kappa shape index (κ2) is 11.4. The number of hydrogen-bond donors (Lipinski definition) is 2. The summed E-state index contributed by atoms with van der Waals surface area (Å²) < 4.78 is 11.0. The number of benzene rings is 1. The van der Waals surface area contributed by atoms with Gasteiger partial charge in [-0.25, -0.2) is 0 Å². The average molecular weight is 382 g/mol. The summed E-state index contributed by atoms with van der Waals surface area (Å²) in [5.41, 5.74) is 1.47. The molecule has 0 bridgehead atoms. The summed E-state index contributed by atoms with van der Waals surface area (Å²) in [6.07, 6.45) is 6.28. The number of halogens is 1. The first-order valence-electron chi connectivity index (χ1n) is 9.43. The number of nitrogens with zero attached hydrogens (tertiary/aromatic N) is 1. The fourth-order valence-corrected chi connectivity index (χ4v) is 3.59. The fraction of sp³-hybridized carbons (Fsp3) is 0.650. The van der Waals surface area contributed by atoms with Crippen molar-refractivity contribution in [2.24, 2.45) is 10.4 Å². The number of ether oxygens (including phenoxy) is 2. The highest BCUT2D eigenvalue weighted by Crippen LogP contribution is 2.40. The third-order valence-electron chi connectivity index (χ3n) is 5.08. The van der Waals surface area contributed by atoms with Gasteiger partial charge in [-0.3, -0.25) is 4.99 Å². The monoisotopic (exact) mass is 381 g/mol. The normalized spacial score (nSPS) is 16.7. The molecule has 26 heavy (non-hydrogen) atoms. The van der Waals surface area contributed by atoms with Crippen LogP contribution in [0.25, 0.3) is 0 Å². The van der Waals surface area contributed by atoms with E-state index < -0.39 is 0 Å². The Bertz CT molecular complexity index is 542. The molecule has 0 heterocycles. The summed E-state index contributed by atoms with van der Waals surface area (Å²) >= 11 is 5.88. The smallest absolute Gasteiger partial charge is 0.191 e. The van der Waals surface area contributed by atoms with Crippen LogP contribution in [0.3, 0.4) is 0 Å². The van der Waals surface area contributed by atoms with Crippen LogP contribution in [0.4, 0.5) is 0 Å². The Kier molecular flexibility index (Phi) is 9.23. The van der Waals surface area contributed by atoms with Gasteiger partial charge in [0.05, 0.1) is 13.2 Å². The van der Waals surface area contributed by atoms with Crippen LogP contribution in [0, 0.1) is 5.41 Å². The lowest BCUT2D eigenvalue weighted by Crippen LogP contribution is -2.44. The van der Waals surface area contributed by atoms with Crippen molar-refractivity contribution in [3.63, 3.8) is 0 Å². The molecule has 1 aromatic carbocycles. The Morgan fingerprint density at radius 1 is 1.15 bits per heavy atom. The number of hydrogen-bond acceptors (Lipinski definition) is 3. The van der Waals surface area contributed by atoms with Gasteiger partial charge in [0.2, 0.25) is 0 Å². The van der Waals surface area contributed by atoms with Gasteiger partial charge in [-0.05, 0) is 42.4 Å². The third kappa shape index (κ3) is 7.14. The number of aliphatic imine (C=N–C) groups is 1. The molecule has 2 rings (SSSR count). The van der Waals surface area contributed by atoms with E-state index in [-0.39, 0.29) is 0 Å². The molecule has 1 fully saturated rings. The maximum atomic E-state index is 5.88. The zero-order valence-corrected chi connectivity index (χ0v) is 16.8. The van der Waals surface area contributed by atoms with Crippen molar-refractivity contribution in [2.75, 3.05) is 40.5 Å². The first-order valence-corrected chi connectivity index (χ1v) is 9.81. The molecule has 5 nitrogen and oxygen atoms in total. The highest BCUT2D eigenvalue weighted by atomic mass is 35.5. The first kappa shape index (κ1) is 21.0. The molecular weight excluding hydrogens is 350 g/mol. The largest absolute Gasteiger partial charge is 0.385 e. The van der Waals surface area contributed by atoms with E-state index in [1.54, 1.807) is 14.2 Å². The zero-order valence-electron chi connectivity index (χ0n) is 16.0. The van der Waals surface area contributed by atoms with Gasteiger partial charge in [0.15, 0.2) is 5.96 Å². The molecule has 1 saturated carbocycles. The average Bonchev–Trinajstić information content (AvgIpc) is 3.13. The Morgan fingerprint density at radius 2 is 1.88 bits per heavy atom. The summed E-state index contributed by atoms with van der Waals surface area (Å²) in [6, 6.07) is 7.73. The van der Waals surface area contributed by atoms with Gasteiger partial charge < -0.3 is 20.1 Å². The Morgan fingerprint density at radius 3 is 2.54 bits per heavy atom. The van der Waals surface area contributed by atoms with Crippen molar-refractivity contribution in [3.8, 4) is 0 Å². The molecule has 0 spiro atoms. The van der Waals surface area contributed by atoms with Crippen LogP contribution >= 0.6 is 11.6 Å². The van der Waals surface area contributed by atoms with E-state index in [0.717, 1.165) is 42.7 Å². The van der Waals surface area contributed by atoms with Gasteiger partial charge in [0.1, 0.15) is 0 Å². The van der Waals surface area contributed by atoms with Crippen LogP contribution in [-0.2, 0) is 16.1 Å². The van der Waals surface area contributed by atoms with E-state index in [2.05, 4.69) is 15.6 Å². The van der Waals surface area contributed by atoms with Crippen LogP contribution in [0.2, 0.25) is 5.02 Å². The molecule has 0 unspecified atom stereocenters. The molecular formula is C20H32ClN3O2. The van der Waals surface area contributed by atoms with Crippen LogP contribution in [0.15, 0.2) is 29.3 Å². The minimum absolute atomic E-state index is 0.346. The molecule has 1 aromatic rings. The standard InChI is InChI=1S/C20H32ClN3O2/c1-22-19(24-16-20(11-13-25-2)9-3-4-10-20)23-12-14-26-15-17-5-7-18(21)8-6-17/h5-8H,3-4,9-16H2,1-2H3,(H2,22,23,24). The van der Waals surface area contributed by atoms with E-state index in [9.17, 15) is 0 Å². The molecule has 0 radical (unpaired) electrons. The van der Waals surface area contributed by atoms with Crippen molar-refractivity contribution in [2.45, 2.75) is 38.7 Å². The summed E-state index contributed by atoms with van der Waals surface area (Å²) in [4.78, 5) is 4.32. The van der Waals surface area contributed by atoms with Crippen molar-refractivity contribution in [1.82, 2.24) is 10.6 Å². The maximum absolute atomic E-state index is 5.88. The summed E-state index contributed by atoms with van der Waals surface area (Å²) in [6.45, 7) is 3.70. The second-order valence-electron chi connectivity index (χ2n) is 6.98. The van der Waals surface area contributed by atoms with Crippen molar-refractivity contribution < 1.29 is 9.47 Å².